The number of guanidine groups is 1. The molecule has 11 nitrogen and oxygen atoms in total. The fraction of sp³-hybridized carbons (Fsp3) is 0.475. The van der Waals surface area contributed by atoms with Crippen molar-refractivity contribution in [3.05, 3.63) is 116 Å². The highest BCUT2D eigenvalue weighted by Gasteiger charge is 2.66. The summed E-state index contributed by atoms with van der Waals surface area (Å²) in [4.78, 5) is 32.0. The van der Waals surface area contributed by atoms with Crippen molar-refractivity contribution >= 4 is 46.2 Å². The summed E-state index contributed by atoms with van der Waals surface area (Å²) in [6.07, 6.45) is 15.5. The number of aromatic amines is 1. The highest BCUT2D eigenvalue weighted by atomic mass is 32.1. The summed E-state index contributed by atoms with van der Waals surface area (Å²) >= 11 is 3.26. The number of benzene rings is 2. The molecule has 72 heavy (non-hydrogen) atoms. The van der Waals surface area contributed by atoms with E-state index >= 15 is 4.79 Å². The van der Waals surface area contributed by atoms with Gasteiger partial charge in [0.25, 0.3) is 0 Å². The van der Waals surface area contributed by atoms with E-state index < -0.39 is 17.1 Å². The lowest BCUT2D eigenvalue weighted by molar-refractivity contribution is 0.0159. The lowest BCUT2D eigenvalue weighted by Gasteiger charge is -2.48. The summed E-state index contributed by atoms with van der Waals surface area (Å²) in [7, 11) is 3.72. The number of H-pyrrole nitrogens is 1. The molecule has 5 heterocycles. The molecule has 2 aromatic carbocycles. The molecule has 11 rings (SSSR count). The number of hydrogen-bond acceptors (Lipinski definition) is 10. The van der Waals surface area contributed by atoms with Crippen molar-refractivity contribution in [2.75, 3.05) is 32.6 Å². The molecule has 13 heteroatoms. The predicted molar refractivity (Wildman–Crippen MR) is 289 cm³/mol. The first-order valence-corrected chi connectivity index (χ1v) is 27.5. The zero-order valence-electron chi connectivity index (χ0n) is 41.8. The molecule has 0 amide bonds. The van der Waals surface area contributed by atoms with E-state index in [-0.39, 0.29) is 65.1 Å². The van der Waals surface area contributed by atoms with E-state index in [1.165, 1.54) is 5.56 Å². The smallest absolute Gasteiger partial charge is 0.188 e. The number of carbonyl (C=O) groups is 1. The SMILES string of the molecule is CC#Cc1ccc(-c2ccc(C(=O)C3CCC4CC35CC(C3C#Cc6c(cc(O)c7c6NC(C=C7)C(C)(O)Cc6cccc(c6Cc6cnc[nH]6)C3)CC4NC(N)=NC)C3(CCC(CNC)C3CO)C5)s2)s1. The van der Waals surface area contributed by atoms with Crippen molar-refractivity contribution in [3.8, 4) is 39.2 Å². The predicted octanol–water partition coefficient (Wildman–Crippen LogP) is 8.57. The second-order valence-corrected chi connectivity index (χ2v) is 24.2. The maximum Gasteiger partial charge on any atom is 0.188 e. The minimum Gasteiger partial charge on any atom is -0.507 e. The van der Waals surface area contributed by atoms with Gasteiger partial charge >= 0.3 is 0 Å². The third kappa shape index (κ3) is 8.59. The number of aliphatic hydroxyl groups excluding tert-OH is 1. The van der Waals surface area contributed by atoms with Gasteiger partial charge in [-0.3, -0.25) is 9.79 Å². The number of nitrogens with one attached hydrogen (secondary N) is 4. The van der Waals surface area contributed by atoms with Gasteiger partial charge in [-0.15, -0.1) is 28.6 Å². The number of nitrogens with two attached hydrogens (primary N) is 1. The Morgan fingerprint density at radius 3 is 2.69 bits per heavy atom. The number of hydrogen-bond donors (Lipinski definition) is 8. The second kappa shape index (κ2) is 19.3. The minimum absolute atomic E-state index is 0.00166. The Morgan fingerprint density at radius 1 is 1.07 bits per heavy atom. The fourth-order valence-electron chi connectivity index (χ4n) is 14.9. The topological polar surface area (TPSA) is 181 Å². The van der Waals surface area contributed by atoms with E-state index in [4.69, 9.17) is 5.73 Å². The van der Waals surface area contributed by atoms with E-state index in [1.54, 1.807) is 36.0 Å². The van der Waals surface area contributed by atoms with Gasteiger partial charge in [0.05, 0.1) is 39.0 Å². The average molecular weight is 1000 g/mol. The maximum atomic E-state index is 15.8. The van der Waals surface area contributed by atoms with E-state index in [0.717, 1.165) is 105 Å². The van der Waals surface area contributed by atoms with Gasteiger partial charge in [0, 0.05) is 71.6 Å². The first kappa shape index (κ1) is 48.6. The lowest BCUT2D eigenvalue weighted by atomic mass is 9.57. The Kier molecular flexibility index (Phi) is 13.0. The number of carbonyl (C=O) groups excluding carboxylic acids is 1. The van der Waals surface area contributed by atoms with Crippen LogP contribution in [0.2, 0.25) is 0 Å². The lowest BCUT2D eigenvalue weighted by Crippen LogP contribution is -2.50. The van der Waals surface area contributed by atoms with Crippen LogP contribution in [-0.4, -0.2) is 82.0 Å². The molecule has 0 radical (unpaired) electrons. The Hall–Kier alpha value is -5.67. The Labute approximate surface area is 431 Å². The first-order chi connectivity index (χ1) is 34.8. The molecule has 6 aliphatic rings. The molecule has 9 N–H and O–H groups in total. The number of fused-ring (bicyclic) bond motifs is 8. The van der Waals surface area contributed by atoms with Crippen LogP contribution in [0.15, 0.2) is 72.1 Å². The van der Waals surface area contributed by atoms with Gasteiger partial charge in [-0.05, 0) is 172 Å². The summed E-state index contributed by atoms with van der Waals surface area (Å²) < 4.78 is 0. The number of thiophene rings is 2. The van der Waals surface area contributed by atoms with Crippen LogP contribution in [-0.2, 0) is 25.7 Å². The number of aliphatic imine (C=N–C) groups is 1. The van der Waals surface area contributed by atoms with Gasteiger partial charge in [-0.1, -0.05) is 48.1 Å². The second-order valence-electron chi connectivity index (χ2n) is 22.1. The monoisotopic (exact) mass is 1000 g/mol. The molecule has 3 aromatic heterocycles. The number of Topliss-reactive ketones (excluding diaryl/α,β-unsaturated/α-hetero) is 1. The van der Waals surface area contributed by atoms with Crippen LogP contribution in [0.3, 0.4) is 0 Å². The number of aromatic hydroxyl groups is 1. The number of imidazole rings is 1. The summed E-state index contributed by atoms with van der Waals surface area (Å²) in [5.74, 6) is 14.8. The quantitative estimate of drug-likeness (QED) is 0.0311. The van der Waals surface area contributed by atoms with Gasteiger partial charge in [0.2, 0.25) is 0 Å². The van der Waals surface area contributed by atoms with Crippen molar-refractivity contribution in [2.45, 2.75) is 102 Å². The summed E-state index contributed by atoms with van der Waals surface area (Å²) in [5.41, 5.74) is 12.2. The fourth-order valence-corrected chi connectivity index (χ4v) is 16.9. The van der Waals surface area contributed by atoms with E-state index in [0.29, 0.717) is 37.2 Å². The average Bonchev–Trinajstić information content (AvgIpc) is 4.24. The molecule has 3 fully saturated rings. The van der Waals surface area contributed by atoms with Crippen LogP contribution in [0.4, 0.5) is 5.69 Å². The van der Waals surface area contributed by atoms with E-state index in [2.05, 4.69) is 97.1 Å². The molecule has 11 unspecified atom stereocenters. The van der Waals surface area contributed by atoms with Crippen molar-refractivity contribution in [1.82, 2.24) is 20.6 Å². The molecule has 4 aliphatic carbocycles. The molecule has 2 spiro atoms. The van der Waals surface area contributed by atoms with Gasteiger partial charge in [-0.2, -0.15) is 0 Å². The van der Waals surface area contributed by atoms with E-state index in [1.807, 2.05) is 45.3 Å². The Bertz CT molecular complexity index is 3070. The van der Waals surface area contributed by atoms with Crippen LogP contribution in [0.25, 0.3) is 15.8 Å². The molecule has 374 valence electrons. The number of rotatable bonds is 9. The molecule has 9 bridgehead atoms. The molecular weight excluding hydrogens is 935 g/mol. The highest BCUT2D eigenvalue weighted by molar-refractivity contribution is 7.23. The largest absolute Gasteiger partial charge is 0.507 e. The van der Waals surface area contributed by atoms with Gasteiger partial charge in [0.1, 0.15) is 5.75 Å². The molecule has 2 aliphatic heterocycles. The van der Waals surface area contributed by atoms with E-state index in [9.17, 15) is 15.3 Å². The zero-order chi connectivity index (χ0) is 49.9. The van der Waals surface area contributed by atoms with Crippen LogP contribution in [0.1, 0.15) is 112 Å². The van der Waals surface area contributed by atoms with Crippen molar-refractivity contribution in [1.29, 1.82) is 0 Å². The highest BCUT2D eigenvalue weighted by Crippen LogP contribution is 2.71. The summed E-state index contributed by atoms with van der Waals surface area (Å²) in [5, 5.41) is 47.4. The van der Waals surface area contributed by atoms with Crippen LogP contribution < -0.4 is 21.7 Å². The number of aliphatic hydroxyl groups is 2. The number of ketones is 1. The van der Waals surface area contributed by atoms with Gasteiger partial charge in [-0.25, -0.2) is 4.98 Å². The first-order valence-electron chi connectivity index (χ1n) is 25.9. The molecule has 3 saturated carbocycles. The van der Waals surface area contributed by atoms with Crippen LogP contribution in [0, 0.1) is 70.0 Å². The molecular formula is C59H67N7O4S2. The van der Waals surface area contributed by atoms with Crippen LogP contribution >= 0.6 is 22.7 Å². The number of phenols is 1. The van der Waals surface area contributed by atoms with Crippen molar-refractivity contribution in [2.24, 2.45) is 57.1 Å². The normalized spacial score (nSPS) is 31.2. The van der Waals surface area contributed by atoms with Crippen molar-refractivity contribution < 1.29 is 20.1 Å². The third-order valence-corrected chi connectivity index (χ3v) is 20.4. The number of phenolic OH excluding ortho intramolecular Hbond substituents is 1. The maximum absolute atomic E-state index is 15.8. The number of anilines is 1. The zero-order valence-corrected chi connectivity index (χ0v) is 43.4. The standard InChI is InChI=1S/C59H67N7O4S2/c1-5-7-41-12-16-50(71-41)51-17-18-52(72-51)55(69)45-15-11-37-27-58(45)28-46(59(32-58)21-20-38(29-61-3)47(59)31-67)35-10-13-42-39(23-48(37)65-56(60)62-4)24-49(68)43-14-19-53(66-54(42)43)57(2,70)26-36-9-6-8-34(22-35)44(36)25-40-30-63-33-64-40/h6,8-9,12,14,16-19,24,30,33,35,37-38,45-48,53,61,66-68,70H,11,15,20-23,25-29,31-32H2,1-4H3,(H,63,64)(H3,60,62,65). The summed E-state index contributed by atoms with van der Waals surface area (Å²) in [6, 6.07) is 16.1. The van der Waals surface area contributed by atoms with Gasteiger partial charge < -0.3 is 42.0 Å². The molecule has 5 aromatic rings. The third-order valence-electron chi connectivity index (χ3n) is 18.1. The Balaban J connectivity index is 1.13. The van der Waals surface area contributed by atoms with Crippen LogP contribution in [0.5, 0.6) is 5.75 Å². The van der Waals surface area contributed by atoms with Crippen molar-refractivity contribution in [3.63, 3.8) is 0 Å². The number of aromatic nitrogens is 2. The minimum atomic E-state index is -1.24. The summed E-state index contributed by atoms with van der Waals surface area (Å²) in [6.45, 7) is 4.62. The molecule has 11 atom stereocenters. The Morgan fingerprint density at radius 2 is 1.90 bits per heavy atom. The molecule has 0 saturated heterocycles. The van der Waals surface area contributed by atoms with Gasteiger partial charge in [0.15, 0.2) is 11.7 Å². The number of nitrogens with zero attached hydrogens (tertiary/aromatic N) is 2.